The Balaban J connectivity index is 1.61. The minimum atomic E-state index is -0.197. The minimum Gasteiger partial charge on any atom is -0.495 e. The number of hydrogen-bond acceptors (Lipinski definition) is 5. The maximum absolute atomic E-state index is 14.3. The molecule has 0 aliphatic carbocycles. The highest BCUT2D eigenvalue weighted by atomic mass is 19.1. The quantitative estimate of drug-likeness (QED) is 0.601. The Hall–Kier alpha value is -2.98. The predicted octanol–water partition coefficient (Wildman–Crippen LogP) is 4.33. The molecule has 1 N–H and O–H groups in total. The van der Waals surface area contributed by atoms with E-state index in [-0.39, 0.29) is 11.9 Å². The Morgan fingerprint density at radius 3 is 2.66 bits per heavy atom. The first-order valence-electron chi connectivity index (χ1n) is 10.9. The van der Waals surface area contributed by atoms with Crippen LogP contribution in [0.15, 0.2) is 48.5 Å². The molecule has 1 heterocycles. The average Bonchev–Trinajstić information content (AvgIpc) is 2.83. The maximum Gasteiger partial charge on any atom is 0.142 e. The summed E-state index contributed by atoms with van der Waals surface area (Å²) in [5.41, 5.74) is 2.90. The van der Waals surface area contributed by atoms with Crippen LogP contribution in [-0.2, 0) is 11.3 Å². The maximum atomic E-state index is 14.3. The third-order valence-corrected chi connectivity index (χ3v) is 6.12. The van der Waals surface area contributed by atoms with Crippen molar-refractivity contribution in [2.75, 3.05) is 39.9 Å². The normalized spacial score (nSPS) is 15.4. The van der Waals surface area contributed by atoms with E-state index in [0.29, 0.717) is 30.1 Å². The van der Waals surface area contributed by atoms with Gasteiger partial charge < -0.3 is 14.8 Å². The third kappa shape index (κ3) is 4.61. The molecule has 0 radical (unpaired) electrons. The molecule has 1 unspecified atom stereocenters. The highest BCUT2D eigenvalue weighted by molar-refractivity contribution is 5.89. The molecule has 0 bridgehead atoms. The Kier molecular flexibility index (Phi) is 7.01. The van der Waals surface area contributed by atoms with Gasteiger partial charge in [-0.1, -0.05) is 36.4 Å². The van der Waals surface area contributed by atoms with Crippen molar-refractivity contribution in [2.24, 2.45) is 0 Å². The van der Waals surface area contributed by atoms with Gasteiger partial charge >= 0.3 is 0 Å². The number of hydrogen-bond donors (Lipinski definition) is 1. The van der Waals surface area contributed by atoms with Crippen LogP contribution in [0.5, 0.6) is 5.75 Å². The Morgan fingerprint density at radius 1 is 1.16 bits per heavy atom. The number of nitrogens with zero attached hydrogens (tertiary/aromatic N) is 2. The van der Waals surface area contributed by atoms with Crippen molar-refractivity contribution in [1.29, 1.82) is 5.26 Å². The van der Waals surface area contributed by atoms with Crippen molar-refractivity contribution >= 4 is 10.8 Å². The number of halogens is 1. The number of piperazine rings is 1. The molecule has 32 heavy (non-hydrogen) atoms. The summed E-state index contributed by atoms with van der Waals surface area (Å²) < 4.78 is 26.2. The Bertz CT molecular complexity index is 1140. The van der Waals surface area contributed by atoms with Gasteiger partial charge in [-0.25, -0.2) is 4.39 Å². The molecule has 166 valence electrons. The largest absolute Gasteiger partial charge is 0.495 e. The second kappa shape index (κ2) is 10.1. The molecule has 1 aliphatic heterocycles. The van der Waals surface area contributed by atoms with Crippen molar-refractivity contribution in [3.05, 3.63) is 76.6 Å². The average molecular weight is 434 g/mol. The zero-order chi connectivity index (χ0) is 22.5. The second-order valence-corrected chi connectivity index (χ2v) is 8.09. The molecule has 6 heteroatoms. The zero-order valence-corrected chi connectivity index (χ0v) is 18.5. The standard InChI is InChI=1S/C26H28FN3O2/c1-18-7-8-20(14-24(18)27)25(30-11-9-29-10-12-30)17-32-16-23-22-6-4-3-5-19(22)13-21(15-28)26(23)31-2/h3-8,13-14,25,29H,9-12,16-17H2,1-2H3. The van der Waals surface area contributed by atoms with E-state index < -0.39 is 0 Å². The van der Waals surface area contributed by atoms with Crippen LogP contribution in [0.2, 0.25) is 0 Å². The van der Waals surface area contributed by atoms with Gasteiger partial charge in [0.1, 0.15) is 17.6 Å². The van der Waals surface area contributed by atoms with Crippen molar-refractivity contribution in [2.45, 2.75) is 19.6 Å². The predicted molar refractivity (Wildman–Crippen MR) is 123 cm³/mol. The number of methoxy groups -OCH3 is 1. The Morgan fingerprint density at radius 2 is 1.94 bits per heavy atom. The highest BCUT2D eigenvalue weighted by Gasteiger charge is 2.24. The fraction of sp³-hybridized carbons (Fsp3) is 0.346. The van der Waals surface area contributed by atoms with Gasteiger partial charge in [-0.2, -0.15) is 5.26 Å². The molecular weight excluding hydrogens is 405 g/mol. The summed E-state index contributed by atoms with van der Waals surface area (Å²) in [4.78, 5) is 2.33. The van der Waals surface area contributed by atoms with Crippen LogP contribution in [0.4, 0.5) is 4.39 Å². The summed E-state index contributed by atoms with van der Waals surface area (Å²) in [7, 11) is 1.58. The lowest BCUT2D eigenvalue weighted by molar-refractivity contribution is 0.0438. The molecule has 1 aliphatic rings. The van der Waals surface area contributed by atoms with E-state index in [9.17, 15) is 9.65 Å². The molecule has 3 aromatic rings. The molecule has 4 rings (SSSR count). The van der Waals surface area contributed by atoms with Crippen molar-refractivity contribution in [1.82, 2.24) is 10.2 Å². The highest BCUT2D eigenvalue weighted by Crippen LogP contribution is 2.33. The van der Waals surface area contributed by atoms with Gasteiger partial charge in [0.05, 0.1) is 31.9 Å². The number of fused-ring (bicyclic) bond motifs is 1. The minimum absolute atomic E-state index is 0.0522. The Labute approximate surface area is 188 Å². The number of aryl methyl sites for hydroxylation is 1. The molecule has 5 nitrogen and oxygen atoms in total. The second-order valence-electron chi connectivity index (χ2n) is 8.09. The third-order valence-electron chi connectivity index (χ3n) is 6.12. The SMILES string of the molecule is COc1c(C#N)cc2ccccc2c1COCC(c1ccc(C)c(F)c1)N1CCNCC1. The van der Waals surface area contributed by atoms with Gasteiger partial charge in [0.25, 0.3) is 0 Å². The van der Waals surface area contributed by atoms with Crippen molar-refractivity contribution in [3.63, 3.8) is 0 Å². The summed E-state index contributed by atoms with van der Waals surface area (Å²) in [5.74, 6) is 0.350. The number of rotatable bonds is 7. The molecule has 0 saturated carbocycles. The number of ether oxygens (including phenoxy) is 2. The summed E-state index contributed by atoms with van der Waals surface area (Å²) >= 11 is 0. The van der Waals surface area contributed by atoms with Crippen LogP contribution >= 0.6 is 0 Å². The van der Waals surface area contributed by atoms with E-state index in [1.165, 1.54) is 0 Å². The molecular formula is C26H28FN3O2. The van der Waals surface area contributed by atoms with E-state index in [1.807, 2.05) is 42.5 Å². The molecule has 1 fully saturated rings. The lowest BCUT2D eigenvalue weighted by atomic mass is 10.00. The number of nitriles is 1. The molecule has 0 amide bonds. The van der Waals surface area contributed by atoms with E-state index in [2.05, 4.69) is 16.3 Å². The van der Waals surface area contributed by atoms with Gasteiger partial charge in [0.15, 0.2) is 0 Å². The molecule has 3 aromatic carbocycles. The van der Waals surface area contributed by atoms with Gasteiger partial charge in [-0.05, 0) is 41.0 Å². The van der Waals surface area contributed by atoms with Gasteiger partial charge in [-0.3, -0.25) is 4.90 Å². The van der Waals surface area contributed by atoms with E-state index in [4.69, 9.17) is 9.47 Å². The molecule has 1 saturated heterocycles. The van der Waals surface area contributed by atoms with E-state index >= 15 is 0 Å². The lowest BCUT2D eigenvalue weighted by Gasteiger charge is -2.35. The summed E-state index contributed by atoms with van der Waals surface area (Å²) in [6.45, 7) is 6.03. The topological polar surface area (TPSA) is 57.5 Å². The van der Waals surface area contributed by atoms with E-state index in [0.717, 1.165) is 48.1 Å². The fourth-order valence-electron chi connectivity index (χ4n) is 4.36. The molecule has 0 aromatic heterocycles. The van der Waals surface area contributed by atoms with Crippen LogP contribution in [0.1, 0.15) is 28.3 Å². The van der Waals surface area contributed by atoms with Crippen LogP contribution in [0.3, 0.4) is 0 Å². The smallest absolute Gasteiger partial charge is 0.142 e. The van der Waals surface area contributed by atoms with Crippen LogP contribution in [0, 0.1) is 24.1 Å². The van der Waals surface area contributed by atoms with Gasteiger partial charge in [-0.15, -0.1) is 0 Å². The summed E-state index contributed by atoms with van der Waals surface area (Å²) in [6, 6.07) is 17.4. The van der Waals surface area contributed by atoms with Crippen LogP contribution in [-0.4, -0.2) is 44.8 Å². The van der Waals surface area contributed by atoms with Crippen LogP contribution in [0.25, 0.3) is 10.8 Å². The summed E-state index contributed by atoms with van der Waals surface area (Å²) in [6.07, 6.45) is 0. The monoisotopic (exact) mass is 433 g/mol. The first-order chi connectivity index (χ1) is 15.6. The van der Waals surface area contributed by atoms with Crippen LogP contribution < -0.4 is 10.1 Å². The first kappa shape index (κ1) is 22.2. The first-order valence-corrected chi connectivity index (χ1v) is 10.9. The zero-order valence-electron chi connectivity index (χ0n) is 18.5. The van der Waals surface area contributed by atoms with Gasteiger partial charge in [0.2, 0.25) is 0 Å². The van der Waals surface area contributed by atoms with Gasteiger partial charge in [0, 0.05) is 31.7 Å². The number of benzene rings is 3. The lowest BCUT2D eigenvalue weighted by Crippen LogP contribution is -2.46. The van der Waals surface area contributed by atoms with E-state index in [1.54, 1.807) is 20.1 Å². The van der Waals surface area contributed by atoms with Crippen molar-refractivity contribution in [3.8, 4) is 11.8 Å². The molecule has 1 atom stereocenters. The number of nitrogens with one attached hydrogen (secondary N) is 1. The fourth-order valence-corrected chi connectivity index (χ4v) is 4.36. The van der Waals surface area contributed by atoms with Crippen molar-refractivity contribution < 1.29 is 13.9 Å². The molecule has 0 spiro atoms. The summed E-state index contributed by atoms with van der Waals surface area (Å²) in [5, 5.41) is 14.9.